The van der Waals surface area contributed by atoms with E-state index in [1.165, 1.54) is 11.8 Å². The minimum Gasteiger partial charge on any atom is -0.329 e. The van der Waals surface area contributed by atoms with Gasteiger partial charge < -0.3 is 4.98 Å². The number of thioether (sulfide) groups is 1. The van der Waals surface area contributed by atoms with E-state index in [0.29, 0.717) is 16.2 Å². The first-order valence-electron chi connectivity index (χ1n) is 3.74. The van der Waals surface area contributed by atoms with Crippen molar-refractivity contribution in [1.82, 2.24) is 19.9 Å². The number of hydrogen-bond acceptors (Lipinski definition) is 5. The van der Waals surface area contributed by atoms with Gasteiger partial charge in [-0.2, -0.15) is 0 Å². The lowest BCUT2D eigenvalue weighted by Gasteiger charge is -1.97. The Morgan fingerprint density at radius 3 is 3.00 bits per heavy atom. The van der Waals surface area contributed by atoms with Gasteiger partial charge in [0.25, 0.3) is 5.56 Å². The van der Waals surface area contributed by atoms with Crippen molar-refractivity contribution in [2.45, 2.75) is 5.16 Å². The molecule has 5 nitrogen and oxygen atoms in total. The molecule has 0 fully saturated rings. The molecule has 2 heterocycles. The first kappa shape index (κ1) is 9.35. The van der Waals surface area contributed by atoms with Crippen LogP contribution in [-0.2, 0) is 0 Å². The molecule has 0 aromatic carbocycles. The predicted molar refractivity (Wildman–Crippen MR) is 57.1 cm³/mol. The highest BCUT2D eigenvalue weighted by molar-refractivity contribution is 7.98. The van der Waals surface area contributed by atoms with Gasteiger partial charge in [0, 0.05) is 0 Å². The van der Waals surface area contributed by atoms with Gasteiger partial charge in [0.05, 0.1) is 11.7 Å². The molecule has 0 saturated heterocycles. The maximum absolute atomic E-state index is 11.4. The Morgan fingerprint density at radius 1 is 1.50 bits per heavy atom. The van der Waals surface area contributed by atoms with Crippen LogP contribution >= 0.6 is 24.0 Å². The molecule has 14 heavy (non-hydrogen) atoms. The third-order valence-electron chi connectivity index (χ3n) is 1.64. The van der Waals surface area contributed by atoms with Crippen LogP contribution in [0.3, 0.4) is 0 Å². The molecule has 72 valence electrons. The predicted octanol–water partition coefficient (Wildman–Crippen LogP) is 1.10. The van der Waals surface area contributed by atoms with Crippen molar-refractivity contribution < 1.29 is 0 Å². The van der Waals surface area contributed by atoms with Crippen LogP contribution in [0.25, 0.3) is 11.0 Å². The van der Waals surface area contributed by atoms with Crippen molar-refractivity contribution in [2.75, 3.05) is 6.26 Å². The van der Waals surface area contributed by atoms with Gasteiger partial charge in [-0.1, -0.05) is 11.8 Å². The van der Waals surface area contributed by atoms with Crippen LogP contribution in [0.1, 0.15) is 0 Å². The van der Waals surface area contributed by atoms with Crippen LogP contribution < -0.4 is 5.56 Å². The molecule has 0 amide bonds. The second kappa shape index (κ2) is 3.50. The van der Waals surface area contributed by atoms with E-state index < -0.39 is 0 Å². The Bertz CT molecular complexity index is 588. The molecule has 0 aliphatic carbocycles. The Morgan fingerprint density at radius 2 is 2.29 bits per heavy atom. The van der Waals surface area contributed by atoms with Crippen molar-refractivity contribution >= 4 is 35.0 Å². The molecule has 0 unspecified atom stereocenters. The van der Waals surface area contributed by atoms with Gasteiger partial charge in [-0.15, -0.1) is 0 Å². The zero-order valence-corrected chi connectivity index (χ0v) is 8.83. The number of fused-ring (bicyclic) bond motifs is 1. The highest BCUT2D eigenvalue weighted by atomic mass is 32.2. The van der Waals surface area contributed by atoms with Gasteiger partial charge in [0.15, 0.2) is 15.4 Å². The van der Waals surface area contributed by atoms with Crippen molar-refractivity contribution in [1.29, 1.82) is 0 Å². The lowest BCUT2D eigenvalue weighted by Crippen LogP contribution is -2.10. The molecule has 2 N–H and O–H groups in total. The van der Waals surface area contributed by atoms with Gasteiger partial charge >= 0.3 is 0 Å². The van der Waals surface area contributed by atoms with Crippen molar-refractivity contribution in [3.63, 3.8) is 0 Å². The summed E-state index contributed by atoms with van der Waals surface area (Å²) in [5.74, 6) is 0. The van der Waals surface area contributed by atoms with Gasteiger partial charge in [0.1, 0.15) is 0 Å². The third-order valence-corrected chi connectivity index (χ3v) is 2.41. The number of H-pyrrole nitrogens is 2. The summed E-state index contributed by atoms with van der Waals surface area (Å²) in [5, 5.41) is 0.563. The smallest absolute Gasteiger partial charge is 0.278 e. The molecule has 2 aromatic heterocycles. The molecule has 2 rings (SSSR count). The fourth-order valence-corrected chi connectivity index (χ4v) is 1.59. The fourth-order valence-electron chi connectivity index (χ4n) is 1.04. The molecule has 0 radical (unpaired) electrons. The van der Waals surface area contributed by atoms with Crippen LogP contribution in [0.5, 0.6) is 0 Å². The topological polar surface area (TPSA) is 74.4 Å². The van der Waals surface area contributed by atoms with E-state index in [4.69, 9.17) is 12.2 Å². The number of rotatable bonds is 1. The lowest BCUT2D eigenvalue weighted by atomic mass is 10.4. The summed E-state index contributed by atoms with van der Waals surface area (Å²) < 4.78 is 0.281. The van der Waals surface area contributed by atoms with Gasteiger partial charge in [-0.05, 0) is 18.5 Å². The number of hydrogen-bond donors (Lipinski definition) is 2. The van der Waals surface area contributed by atoms with Crippen LogP contribution in [0, 0.1) is 4.77 Å². The average Bonchev–Trinajstić information content (AvgIpc) is 2.17. The number of nitrogens with one attached hydrogen (secondary N) is 2. The number of aromatic nitrogens is 4. The average molecular weight is 226 g/mol. The van der Waals surface area contributed by atoms with E-state index in [1.807, 2.05) is 6.26 Å². The van der Waals surface area contributed by atoms with Crippen LogP contribution in [-0.4, -0.2) is 26.2 Å². The second-order valence-electron chi connectivity index (χ2n) is 2.53. The summed E-state index contributed by atoms with van der Waals surface area (Å²) in [7, 11) is 0. The van der Waals surface area contributed by atoms with E-state index in [9.17, 15) is 4.79 Å². The zero-order chi connectivity index (χ0) is 10.1. The van der Waals surface area contributed by atoms with Gasteiger partial charge in [0.2, 0.25) is 0 Å². The van der Waals surface area contributed by atoms with Gasteiger partial charge in [-0.25, -0.2) is 9.97 Å². The van der Waals surface area contributed by atoms with Gasteiger partial charge in [-0.3, -0.25) is 9.78 Å². The maximum Gasteiger partial charge on any atom is 0.278 e. The fraction of sp³-hybridized carbons (Fsp3) is 0.143. The number of nitrogens with zero attached hydrogens (tertiary/aromatic N) is 2. The standard InChI is InChI=1S/C7H6N4OS2/c1-14-7-8-2-3-4(10-7)5(12)11-6(13)9-3/h2H,1H3,(H2,9,11,12,13). The quantitative estimate of drug-likeness (QED) is 0.432. The van der Waals surface area contributed by atoms with E-state index in [2.05, 4.69) is 19.9 Å². The molecule has 2 aromatic rings. The summed E-state index contributed by atoms with van der Waals surface area (Å²) in [6.07, 6.45) is 3.40. The second-order valence-corrected chi connectivity index (χ2v) is 3.71. The minimum absolute atomic E-state index is 0.281. The first-order chi connectivity index (χ1) is 6.70. The Labute approximate surface area is 88.0 Å². The van der Waals surface area contributed by atoms with E-state index in [0.717, 1.165) is 0 Å². The monoisotopic (exact) mass is 226 g/mol. The minimum atomic E-state index is -0.290. The van der Waals surface area contributed by atoms with Crippen molar-refractivity contribution in [3.05, 3.63) is 21.3 Å². The molecule has 0 spiro atoms. The SMILES string of the molecule is CSc1ncc2[nH]c(=S)[nH]c(=O)c2n1. The van der Waals surface area contributed by atoms with E-state index in [-0.39, 0.29) is 10.3 Å². The van der Waals surface area contributed by atoms with Crippen molar-refractivity contribution in [2.24, 2.45) is 0 Å². The molecular weight excluding hydrogens is 220 g/mol. The van der Waals surface area contributed by atoms with Crippen LogP contribution in [0.2, 0.25) is 0 Å². The molecule has 7 heteroatoms. The zero-order valence-electron chi connectivity index (χ0n) is 7.20. The summed E-state index contributed by atoms with van der Waals surface area (Å²) in [6.45, 7) is 0. The van der Waals surface area contributed by atoms with Crippen molar-refractivity contribution in [3.8, 4) is 0 Å². The first-order valence-corrected chi connectivity index (χ1v) is 5.37. The molecule has 0 aliphatic rings. The summed E-state index contributed by atoms with van der Waals surface area (Å²) in [4.78, 5) is 24.8. The molecule has 0 atom stereocenters. The lowest BCUT2D eigenvalue weighted by molar-refractivity contribution is 0.979. The molecular formula is C7H6N4OS2. The molecule has 0 bridgehead atoms. The Hall–Kier alpha value is -1.21. The normalized spacial score (nSPS) is 10.6. The van der Waals surface area contributed by atoms with Crippen LogP contribution in [0.4, 0.5) is 0 Å². The van der Waals surface area contributed by atoms with Crippen LogP contribution in [0.15, 0.2) is 16.1 Å². The number of aromatic amines is 2. The Kier molecular flexibility index (Phi) is 2.34. The highest BCUT2D eigenvalue weighted by Crippen LogP contribution is 2.09. The largest absolute Gasteiger partial charge is 0.329 e. The maximum atomic E-state index is 11.4. The van der Waals surface area contributed by atoms with E-state index in [1.54, 1.807) is 6.20 Å². The third kappa shape index (κ3) is 1.55. The Balaban J connectivity index is 2.89. The van der Waals surface area contributed by atoms with E-state index >= 15 is 0 Å². The molecule has 0 saturated carbocycles. The summed E-state index contributed by atoms with van der Waals surface area (Å²) >= 11 is 6.20. The molecule has 0 aliphatic heterocycles. The highest BCUT2D eigenvalue weighted by Gasteiger charge is 2.02. The summed E-state index contributed by atoms with van der Waals surface area (Å²) in [5.41, 5.74) is 0.593. The summed E-state index contributed by atoms with van der Waals surface area (Å²) in [6, 6.07) is 0.